The van der Waals surface area contributed by atoms with Crippen LogP contribution in [0.3, 0.4) is 0 Å². The van der Waals surface area contributed by atoms with Crippen molar-refractivity contribution in [3.8, 4) is 0 Å². The minimum absolute atomic E-state index is 0.898. The van der Waals surface area contributed by atoms with Crippen molar-refractivity contribution in [1.29, 1.82) is 0 Å². The predicted octanol–water partition coefficient (Wildman–Crippen LogP) is 2.67. The van der Waals surface area contributed by atoms with Crippen molar-refractivity contribution in [2.75, 3.05) is 13.1 Å². The molecule has 0 aromatic heterocycles. The Morgan fingerprint density at radius 3 is 2.62 bits per heavy atom. The second kappa shape index (κ2) is 4.00. The number of nitrogens with one attached hydrogen (secondary N) is 1. The molecule has 1 aliphatic carbocycles. The van der Waals surface area contributed by atoms with Crippen LogP contribution in [0.15, 0.2) is 0 Å². The van der Waals surface area contributed by atoms with Gasteiger partial charge in [-0.3, -0.25) is 0 Å². The van der Waals surface area contributed by atoms with Gasteiger partial charge in [0.1, 0.15) is 0 Å². The Balaban J connectivity index is 2.11. The van der Waals surface area contributed by atoms with Gasteiger partial charge in [-0.15, -0.1) is 0 Å². The third-order valence-corrected chi connectivity index (χ3v) is 4.11. The number of hydrogen-bond donors (Lipinski definition) is 1. The number of fused-ring (bicyclic) bond motifs is 2. The normalized spacial score (nSPS) is 40.4. The highest BCUT2D eigenvalue weighted by molar-refractivity contribution is 4.87. The van der Waals surface area contributed by atoms with Crippen LogP contribution in [0.2, 0.25) is 0 Å². The minimum Gasteiger partial charge on any atom is -0.316 e. The van der Waals surface area contributed by atoms with E-state index in [0.29, 0.717) is 0 Å². The molecule has 0 aromatic rings. The lowest BCUT2D eigenvalue weighted by atomic mass is 9.67. The predicted molar refractivity (Wildman–Crippen MR) is 56.6 cm³/mol. The van der Waals surface area contributed by atoms with E-state index in [4.69, 9.17) is 0 Å². The Morgan fingerprint density at radius 2 is 1.85 bits per heavy atom. The van der Waals surface area contributed by atoms with E-state index >= 15 is 0 Å². The molecule has 1 saturated heterocycles. The van der Waals surface area contributed by atoms with Crippen LogP contribution in [0.4, 0.5) is 0 Å². The summed E-state index contributed by atoms with van der Waals surface area (Å²) in [6.07, 6.45) is 5.90. The van der Waals surface area contributed by atoms with Crippen LogP contribution in [-0.2, 0) is 0 Å². The van der Waals surface area contributed by atoms with Crippen LogP contribution < -0.4 is 5.32 Å². The van der Waals surface area contributed by atoms with E-state index < -0.39 is 0 Å². The molecule has 2 rings (SSSR count). The number of hydrogen-bond acceptors (Lipinski definition) is 1. The van der Waals surface area contributed by atoms with Gasteiger partial charge in [0, 0.05) is 0 Å². The van der Waals surface area contributed by atoms with E-state index in [0.717, 1.165) is 23.7 Å². The monoisotopic (exact) mass is 181 g/mol. The van der Waals surface area contributed by atoms with Crippen molar-refractivity contribution < 1.29 is 0 Å². The second-order valence-corrected chi connectivity index (χ2v) is 5.27. The standard InChI is InChI=1S/C12H23N/c1-9(2)12-10-4-3-5-11(12)8-13-7-6-10/h9-13H,3-8H2,1-2H3. The third-order valence-electron chi connectivity index (χ3n) is 4.11. The van der Waals surface area contributed by atoms with Gasteiger partial charge < -0.3 is 5.32 Å². The van der Waals surface area contributed by atoms with Crippen LogP contribution in [0.5, 0.6) is 0 Å². The van der Waals surface area contributed by atoms with Crippen molar-refractivity contribution >= 4 is 0 Å². The summed E-state index contributed by atoms with van der Waals surface area (Å²) in [6.45, 7) is 7.40. The summed E-state index contributed by atoms with van der Waals surface area (Å²) >= 11 is 0. The summed E-state index contributed by atoms with van der Waals surface area (Å²) in [5.74, 6) is 3.94. The highest BCUT2D eigenvalue weighted by Gasteiger charge is 2.35. The fourth-order valence-corrected chi connectivity index (χ4v) is 3.65. The molecular weight excluding hydrogens is 158 g/mol. The van der Waals surface area contributed by atoms with Crippen molar-refractivity contribution in [1.82, 2.24) is 5.32 Å². The Labute approximate surface area is 82.3 Å². The molecule has 1 N–H and O–H groups in total. The molecule has 1 heterocycles. The smallest absolute Gasteiger partial charge is 0.00177 e. The highest BCUT2D eigenvalue weighted by atomic mass is 14.9. The van der Waals surface area contributed by atoms with Crippen LogP contribution in [0.25, 0.3) is 0 Å². The molecule has 13 heavy (non-hydrogen) atoms. The van der Waals surface area contributed by atoms with Gasteiger partial charge in [0.2, 0.25) is 0 Å². The SMILES string of the molecule is CC(C)C1C2CCCC1CNCC2. The first-order valence-electron chi connectivity index (χ1n) is 5.99. The van der Waals surface area contributed by atoms with E-state index in [1.807, 2.05) is 0 Å². The lowest BCUT2D eigenvalue weighted by molar-refractivity contribution is 0.117. The fraction of sp³-hybridized carbons (Fsp3) is 1.00. The average Bonchev–Trinajstić information content (AvgIpc) is 2.22. The molecule has 0 radical (unpaired) electrons. The molecule has 1 nitrogen and oxygen atoms in total. The van der Waals surface area contributed by atoms with Gasteiger partial charge in [0.25, 0.3) is 0 Å². The first-order valence-corrected chi connectivity index (χ1v) is 5.99. The zero-order valence-electron chi connectivity index (χ0n) is 9.05. The Kier molecular flexibility index (Phi) is 2.92. The molecule has 0 amide bonds. The van der Waals surface area contributed by atoms with Crippen molar-refractivity contribution in [3.63, 3.8) is 0 Å². The molecule has 2 bridgehead atoms. The zero-order valence-corrected chi connectivity index (χ0v) is 9.05. The van der Waals surface area contributed by atoms with Gasteiger partial charge in [0.05, 0.1) is 0 Å². The maximum atomic E-state index is 3.60. The first-order chi connectivity index (χ1) is 6.29. The molecule has 3 unspecified atom stereocenters. The summed E-state index contributed by atoms with van der Waals surface area (Å²) in [4.78, 5) is 0. The molecular formula is C12H23N. The van der Waals surface area contributed by atoms with E-state index in [-0.39, 0.29) is 0 Å². The van der Waals surface area contributed by atoms with Crippen LogP contribution in [0, 0.1) is 23.7 Å². The van der Waals surface area contributed by atoms with Gasteiger partial charge in [-0.25, -0.2) is 0 Å². The molecule has 2 aliphatic rings. The first kappa shape index (κ1) is 9.51. The Hall–Kier alpha value is -0.0400. The van der Waals surface area contributed by atoms with Crippen molar-refractivity contribution in [2.45, 2.75) is 39.5 Å². The summed E-state index contributed by atoms with van der Waals surface area (Å²) in [7, 11) is 0. The summed E-state index contributed by atoms with van der Waals surface area (Å²) < 4.78 is 0. The summed E-state index contributed by atoms with van der Waals surface area (Å²) in [5.41, 5.74) is 0. The average molecular weight is 181 g/mol. The Bertz CT molecular complexity index is 151. The van der Waals surface area contributed by atoms with Crippen molar-refractivity contribution in [3.05, 3.63) is 0 Å². The largest absolute Gasteiger partial charge is 0.316 e. The molecule has 1 heteroatoms. The lowest BCUT2D eigenvalue weighted by Gasteiger charge is -2.38. The minimum atomic E-state index is 0.898. The molecule has 0 spiro atoms. The maximum absolute atomic E-state index is 3.60. The lowest BCUT2D eigenvalue weighted by Crippen LogP contribution is -2.33. The quantitative estimate of drug-likeness (QED) is 0.656. The summed E-state index contributed by atoms with van der Waals surface area (Å²) in [6, 6.07) is 0. The molecule has 3 atom stereocenters. The van der Waals surface area contributed by atoms with Crippen LogP contribution in [0.1, 0.15) is 39.5 Å². The summed E-state index contributed by atoms with van der Waals surface area (Å²) in [5, 5.41) is 3.60. The topological polar surface area (TPSA) is 12.0 Å². The van der Waals surface area contributed by atoms with Gasteiger partial charge in [-0.05, 0) is 49.6 Å². The Morgan fingerprint density at radius 1 is 1.08 bits per heavy atom. The molecule has 2 fully saturated rings. The van der Waals surface area contributed by atoms with Gasteiger partial charge in [-0.2, -0.15) is 0 Å². The van der Waals surface area contributed by atoms with Gasteiger partial charge in [-0.1, -0.05) is 26.7 Å². The molecule has 1 aliphatic heterocycles. The number of rotatable bonds is 1. The van der Waals surface area contributed by atoms with Crippen molar-refractivity contribution in [2.24, 2.45) is 23.7 Å². The molecule has 1 saturated carbocycles. The fourth-order valence-electron chi connectivity index (χ4n) is 3.65. The van der Waals surface area contributed by atoms with E-state index in [1.54, 1.807) is 0 Å². The van der Waals surface area contributed by atoms with E-state index in [9.17, 15) is 0 Å². The van der Waals surface area contributed by atoms with Crippen LogP contribution >= 0.6 is 0 Å². The third kappa shape index (κ3) is 1.90. The van der Waals surface area contributed by atoms with Gasteiger partial charge in [0.15, 0.2) is 0 Å². The van der Waals surface area contributed by atoms with Gasteiger partial charge >= 0.3 is 0 Å². The second-order valence-electron chi connectivity index (χ2n) is 5.27. The van der Waals surface area contributed by atoms with E-state index in [2.05, 4.69) is 19.2 Å². The maximum Gasteiger partial charge on any atom is -0.00177 e. The zero-order chi connectivity index (χ0) is 9.26. The van der Waals surface area contributed by atoms with E-state index in [1.165, 1.54) is 38.8 Å². The molecule has 76 valence electrons. The highest BCUT2D eigenvalue weighted by Crippen LogP contribution is 2.41. The van der Waals surface area contributed by atoms with Crippen LogP contribution in [-0.4, -0.2) is 13.1 Å². The molecule has 0 aromatic carbocycles.